The topological polar surface area (TPSA) is 89.6 Å². The van der Waals surface area contributed by atoms with Crippen LogP contribution in [0.25, 0.3) is 27.1 Å². The van der Waals surface area contributed by atoms with Crippen molar-refractivity contribution in [1.29, 1.82) is 0 Å². The molecule has 0 saturated carbocycles. The van der Waals surface area contributed by atoms with Gasteiger partial charge in [-0.15, -0.1) is 10.2 Å². The number of nitrogens with one attached hydrogen (secondary N) is 1. The number of aryl methyl sites for hydroxylation is 2. The first-order chi connectivity index (χ1) is 10.1. The molecule has 21 heavy (non-hydrogen) atoms. The van der Waals surface area contributed by atoms with Gasteiger partial charge in [-0.05, 0) is 22.9 Å². The SMILES string of the molecule is Cc1[nH]nc(-c2nn3c(-c4cnn(C)c4)nnc3s2)c1Br. The van der Waals surface area contributed by atoms with Crippen LogP contribution >= 0.6 is 27.3 Å². The van der Waals surface area contributed by atoms with Crippen LogP contribution in [0.2, 0.25) is 0 Å². The molecule has 0 saturated heterocycles. The minimum Gasteiger partial charge on any atom is -0.281 e. The Labute approximate surface area is 131 Å². The van der Waals surface area contributed by atoms with E-state index < -0.39 is 0 Å². The van der Waals surface area contributed by atoms with Crippen molar-refractivity contribution in [3.05, 3.63) is 22.6 Å². The molecule has 0 fully saturated rings. The van der Waals surface area contributed by atoms with Gasteiger partial charge < -0.3 is 0 Å². The van der Waals surface area contributed by atoms with Crippen LogP contribution < -0.4 is 0 Å². The second-order valence-electron chi connectivity index (χ2n) is 4.54. The lowest BCUT2D eigenvalue weighted by Gasteiger charge is -1.91. The monoisotopic (exact) mass is 364 g/mol. The van der Waals surface area contributed by atoms with Crippen molar-refractivity contribution in [3.8, 4) is 22.1 Å². The number of halogens is 1. The van der Waals surface area contributed by atoms with Gasteiger partial charge in [0.1, 0.15) is 5.69 Å². The molecular weight excluding hydrogens is 356 g/mol. The van der Waals surface area contributed by atoms with E-state index in [0.717, 1.165) is 31.4 Å². The average molecular weight is 365 g/mol. The Morgan fingerprint density at radius 3 is 2.86 bits per heavy atom. The third-order valence-corrected chi connectivity index (χ3v) is 4.90. The maximum absolute atomic E-state index is 4.56. The largest absolute Gasteiger partial charge is 0.281 e. The Morgan fingerprint density at radius 1 is 1.33 bits per heavy atom. The quantitative estimate of drug-likeness (QED) is 0.587. The Kier molecular flexibility index (Phi) is 2.69. The molecule has 10 heteroatoms. The number of hydrogen-bond acceptors (Lipinski definition) is 6. The first-order valence-corrected chi connectivity index (χ1v) is 7.66. The zero-order valence-corrected chi connectivity index (χ0v) is 13.5. The van der Waals surface area contributed by atoms with Crippen LogP contribution in [-0.4, -0.2) is 39.8 Å². The number of fused-ring (bicyclic) bond motifs is 1. The molecule has 106 valence electrons. The van der Waals surface area contributed by atoms with E-state index in [1.807, 2.05) is 20.2 Å². The van der Waals surface area contributed by atoms with Crippen LogP contribution in [0.15, 0.2) is 16.9 Å². The van der Waals surface area contributed by atoms with Crippen LogP contribution in [0, 0.1) is 6.92 Å². The molecule has 0 amide bonds. The summed E-state index contributed by atoms with van der Waals surface area (Å²) in [6, 6.07) is 0. The van der Waals surface area contributed by atoms with Gasteiger partial charge in [0.2, 0.25) is 4.96 Å². The molecule has 0 unspecified atom stereocenters. The Bertz CT molecular complexity index is 945. The summed E-state index contributed by atoms with van der Waals surface area (Å²) in [4.78, 5) is 0.719. The number of hydrogen-bond donors (Lipinski definition) is 1. The van der Waals surface area contributed by atoms with Gasteiger partial charge in [-0.25, -0.2) is 0 Å². The van der Waals surface area contributed by atoms with Crippen molar-refractivity contribution in [2.45, 2.75) is 6.92 Å². The van der Waals surface area contributed by atoms with Crippen molar-refractivity contribution in [2.75, 3.05) is 0 Å². The lowest BCUT2D eigenvalue weighted by molar-refractivity contribution is 0.768. The van der Waals surface area contributed by atoms with E-state index in [-0.39, 0.29) is 0 Å². The molecule has 0 aliphatic carbocycles. The molecule has 1 N–H and O–H groups in total. The van der Waals surface area contributed by atoms with Crippen molar-refractivity contribution >= 4 is 32.2 Å². The Balaban J connectivity index is 1.88. The Hall–Kier alpha value is -2.07. The fraction of sp³-hybridized carbons (Fsp3) is 0.182. The number of aromatic amines is 1. The van der Waals surface area contributed by atoms with Crippen LogP contribution in [0.5, 0.6) is 0 Å². The lowest BCUT2D eigenvalue weighted by Crippen LogP contribution is -1.90. The van der Waals surface area contributed by atoms with E-state index in [1.54, 1.807) is 15.4 Å². The minimum atomic E-state index is 0.670. The maximum Gasteiger partial charge on any atom is 0.235 e. The fourth-order valence-electron chi connectivity index (χ4n) is 1.99. The van der Waals surface area contributed by atoms with Gasteiger partial charge >= 0.3 is 0 Å². The molecule has 8 nitrogen and oxygen atoms in total. The molecule has 4 aromatic heterocycles. The van der Waals surface area contributed by atoms with Gasteiger partial charge in [0.15, 0.2) is 10.8 Å². The molecule has 0 aromatic carbocycles. The van der Waals surface area contributed by atoms with Crippen LogP contribution in [0.1, 0.15) is 5.69 Å². The Morgan fingerprint density at radius 2 is 2.19 bits per heavy atom. The summed E-state index contributed by atoms with van der Waals surface area (Å²) in [5.41, 5.74) is 2.61. The van der Waals surface area contributed by atoms with Crippen LogP contribution in [0.4, 0.5) is 0 Å². The molecule has 0 atom stereocenters. The van der Waals surface area contributed by atoms with Gasteiger partial charge in [0.05, 0.1) is 16.2 Å². The zero-order valence-electron chi connectivity index (χ0n) is 11.1. The third kappa shape index (κ3) is 1.90. The highest BCUT2D eigenvalue weighted by molar-refractivity contribution is 9.10. The van der Waals surface area contributed by atoms with E-state index in [9.17, 15) is 0 Å². The van der Waals surface area contributed by atoms with Crippen LogP contribution in [0.3, 0.4) is 0 Å². The first-order valence-electron chi connectivity index (χ1n) is 6.05. The van der Waals surface area contributed by atoms with Gasteiger partial charge in [0.25, 0.3) is 0 Å². The first kappa shape index (κ1) is 12.7. The molecule has 0 bridgehead atoms. The number of nitrogens with zero attached hydrogens (tertiary/aromatic N) is 7. The average Bonchev–Trinajstić information content (AvgIpc) is 3.17. The van der Waals surface area contributed by atoms with Gasteiger partial charge in [-0.3, -0.25) is 9.78 Å². The van der Waals surface area contributed by atoms with E-state index >= 15 is 0 Å². The highest BCUT2D eigenvalue weighted by atomic mass is 79.9. The predicted molar refractivity (Wildman–Crippen MR) is 80.9 cm³/mol. The smallest absolute Gasteiger partial charge is 0.235 e. The normalized spacial score (nSPS) is 11.6. The second-order valence-corrected chi connectivity index (χ2v) is 6.29. The number of H-pyrrole nitrogens is 1. The molecular formula is C11H9BrN8S. The molecule has 4 heterocycles. The second kappa shape index (κ2) is 4.46. The van der Waals surface area contributed by atoms with E-state index in [2.05, 4.69) is 46.5 Å². The highest BCUT2D eigenvalue weighted by Gasteiger charge is 2.19. The summed E-state index contributed by atoms with van der Waals surface area (Å²) in [5.74, 6) is 0.670. The van der Waals surface area contributed by atoms with Crippen LogP contribution in [-0.2, 0) is 7.05 Å². The van der Waals surface area contributed by atoms with E-state index in [4.69, 9.17) is 0 Å². The lowest BCUT2D eigenvalue weighted by atomic mass is 10.3. The summed E-state index contributed by atoms with van der Waals surface area (Å²) in [5, 5.41) is 25.0. The van der Waals surface area contributed by atoms with Gasteiger partial charge in [-0.2, -0.15) is 19.8 Å². The molecule has 0 aliphatic rings. The third-order valence-electron chi connectivity index (χ3n) is 3.03. The number of aromatic nitrogens is 8. The summed E-state index contributed by atoms with van der Waals surface area (Å²) in [7, 11) is 1.86. The predicted octanol–water partition coefficient (Wildman–Crippen LogP) is 2.05. The molecule has 4 rings (SSSR count). The van der Waals surface area contributed by atoms with Crippen molar-refractivity contribution in [2.24, 2.45) is 7.05 Å². The summed E-state index contributed by atoms with van der Waals surface area (Å²) in [6.45, 7) is 1.95. The molecule has 4 aromatic rings. The highest BCUT2D eigenvalue weighted by Crippen LogP contribution is 2.32. The summed E-state index contributed by atoms with van der Waals surface area (Å²) < 4.78 is 4.35. The van der Waals surface area contributed by atoms with E-state index in [0.29, 0.717) is 5.82 Å². The van der Waals surface area contributed by atoms with Crippen molar-refractivity contribution in [1.82, 2.24) is 39.8 Å². The standard InChI is InChI=1S/C11H9BrN8S/c1-5-7(12)8(15-14-5)10-18-20-9(16-17-11(20)21-10)6-3-13-19(2)4-6/h3-4H,1-2H3,(H,14,15). The maximum atomic E-state index is 4.56. The fourth-order valence-corrected chi connectivity index (χ4v) is 3.32. The summed E-state index contributed by atoms with van der Waals surface area (Å²) in [6.07, 6.45) is 3.62. The number of rotatable bonds is 2. The summed E-state index contributed by atoms with van der Waals surface area (Å²) >= 11 is 4.95. The molecule has 0 radical (unpaired) electrons. The minimum absolute atomic E-state index is 0.670. The van der Waals surface area contributed by atoms with E-state index in [1.165, 1.54) is 11.3 Å². The van der Waals surface area contributed by atoms with Crippen molar-refractivity contribution in [3.63, 3.8) is 0 Å². The molecule has 0 aliphatic heterocycles. The van der Waals surface area contributed by atoms with Crippen molar-refractivity contribution < 1.29 is 0 Å². The molecule has 0 spiro atoms. The van der Waals surface area contributed by atoms with Gasteiger partial charge in [-0.1, -0.05) is 11.3 Å². The zero-order chi connectivity index (χ0) is 14.6. The van der Waals surface area contributed by atoms with Gasteiger partial charge in [0, 0.05) is 18.9 Å².